The molecule has 6 heteroatoms. The van der Waals surface area contributed by atoms with Crippen LogP contribution in [0.3, 0.4) is 0 Å². The van der Waals surface area contributed by atoms with Crippen molar-refractivity contribution in [1.29, 1.82) is 0 Å². The number of benzene rings is 1. The molecule has 116 valence electrons. The summed E-state index contributed by atoms with van der Waals surface area (Å²) in [6.45, 7) is 3.28. The average Bonchev–Trinajstić information content (AvgIpc) is 2.76. The monoisotopic (exact) mass is 363 g/mol. The van der Waals surface area contributed by atoms with Gasteiger partial charge in [-0.2, -0.15) is 0 Å². The van der Waals surface area contributed by atoms with Crippen LogP contribution in [0.1, 0.15) is 31.7 Å². The maximum absolute atomic E-state index is 6.35. The Morgan fingerprint density at radius 2 is 2.18 bits per heavy atom. The van der Waals surface area contributed by atoms with Crippen molar-refractivity contribution in [3.63, 3.8) is 0 Å². The van der Waals surface area contributed by atoms with Gasteiger partial charge in [0, 0.05) is 23.1 Å². The first kappa shape index (κ1) is 14.2. The quantitative estimate of drug-likeness (QED) is 0.770. The molecule has 0 radical (unpaired) electrons. The van der Waals surface area contributed by atoms with Crippen LogP contribution < -0.4 is 10.5 Å². The summed E-state index contributed by atoms with van der Waals surface area (Å²) in [5.74, 6) is 1.34. The Labute approximate surface area is 137 Å². The predicted octanol–water partition coefficient (Wildman–Crippen LogP) is 2.77. The molecule has 3 heterocycles. The Kier molecular flexibility index (Phi) is 3.10. The highest BCUT2D eigenvalue weighted by atomic mass is 79.9. The number of amidine groups is 1. The predicted molar refractivity (Wildman–Crippen MR) is 88.6 cm³/mol. The summed E-state index contributed by atoms with van der Waals surface area (Å²) in [6.07, 6.45) is 2.61. The van der Waals surface area contributed by atoms with Crippen molar-refractivity contribution in [2.75, 3.05) is 13.2 Å². The SMILES string of the molecule is CC1=N[C@@]2(CC3(CCCOC3)Oc3ccc(Br)cc32)N=C1N. The largest absolute Gasteiger partial charge is 0.484 e. The number of hydrogen-bond donors (Lipinski definition) is 1. The van der Waals surface area contributed by atoms with E-state index < -0.39 is 5.66 Å². The molecule has 1 aromatic carbocycles. The van der Waals surface area contributed by atoms with E-state index in [0.717, 1.165) is 40.9 Å². The first-order valence-corrected chi connectivity index (χ1v) is 8.30. The third kappa shape index (κ3) is 2.08. The van der Waals surface area contributed by atoms with E-state index in [4.69, 9.17) is 25.2 Å². The smallest absolute Gasteiger partial charge is 0.185 e. The second-order valence-electron chi connectivity index (χ2n) is 6.27. The van der Waals surface area contributed by atoms with E-state index in [2.05, 4.69) is 15.9 Å². The topological polar surface area (TPSA) is 69.2 Å². The second kappa shape index (κ2) is 4.80. The van der Waals surface area contributed by atoms with Gasteiger partial charge in [-0.1, -0.05) is 15.9 Å². The van der Waals surface area contributed by atoms with Gasteiger partial charge in [0.05, 0.1) is 12.3 Å². The van der Waals surface area contributed by atoms with E-state index in [1.807, 2.05) is 25.1 Å². The molecular weight excluding hydrogens is 346 g/mol. The third-order valence-corrected chi connectivity index (χ3v) is 5.08. The number of rotatable bonds is 0. The molecule has 0 bridgehead atoms. The zero-order valence-electron chi connectivity index (χ0n) is 12.4. The molecule has 1 saturated heterocycles. The standard InChI is InChI=1S/C16H18BrN3O2/c1-10-14(18)20-16(19-10)8-15(5-2-6-21-9-15)22-13-4-3-11(17)7-12(13)16/h3-4,7H,2,5-6,8-9H2,1H3,(H2,18,20)/t15?,16-/m0/s1. The molecule has 4 rings (SSSR count). The van der Waals surface area contributed by atoms with Crippen LogP contribution in [0.15, 0.2) is 32.7 Å². The second-order valence-corrected chi connectivity index (χ2v) is 7.19. The molecule has 1 fully saturated rings. The first-order chi connectivity index (χ1) is 10.5. The fourth-order valence-corrected chi connectivity index (χ4v) is 3.97. The highest BCUT2D eigenvalue weighted by Gasteiger charge is 2.52. The molecule has 2 N–H and O–H groups in total. The van der Waals surface area contributed by atoms with Crippen molar-refractivity contribution in [3.05, 3.63) is 28.2 Å². The lowest BCUT2D eigenvalue weighted by molar-refractivity contribution is -0.0927. The lowest BCUT2D eigenvalue weighted by Gasteiger charge is -2.46. The Morgan fingerprint density at radius 3 is 2.86 bits per heavy atom. The van der Waals surface area contributed by atoms with E-state index >= 15 is 0 Å². The van der Waals surface area contributed by atoms with Crippen molar-refractivity contribution < 1.29 is 9.47 Å². The van der Waals surface area contributed by atoms with Gasteiger partial charge in [0.15, 0.2) is 5.66 Å². The van der Waals surface area contributed by atoms with Crippen molar-refractivity contribution in [2.24, 2.45) is 15.7 Å². The van der Waals surface area contributed by atoms with Gasteiger partial charge in [-0.3, -0.25) is 4.99 Å². The van der Waals surface area contributed by atoms with Gasteiger partial charge < -0.3 is 15.2 Å². The summed E-state index contributed by atoms with van der Waals surface area (Å²) in [6, 6.07) is 5.99. The molecule has 0 aromatic heterocycles. The zero-order chi connectivity index (χ0) is 15.4. The van der Waals surface area contributed by atoms with Crippen LogP contribution in [0, 0.1) is 0 Å². The molecule has 1 aromatic rings. The molecule has 0 amide bonds. The normalized spacial score (nSPS) is 33.4. The Hall–Kier alpha value is -1.40. The number of nitrogens with zero attached hydrogens (tertiary/aromatic N) is 2. The number of halogens is 1. The highest BCUT2D eigenvalue weighted by molar-refractivity contribution is 9.10. The van der Waals surface area contributed by atoms with Crippen LogP contribution in [-0.2, 0) is 10.4 Å². The number of aliphatic imine (C=N–C) groups is 2. The van der Waals surface area contributed by atoms with Crippen molar-refractivity contribution in [2.45, 2.75) is 37.5 Å². The molecule has 0 saturated carbocycles. The summed E-state index contributed by atoms with van der Waals surface area (Å²) < 4.78 is 13.0. The fraction of sp³-hybridized carbons (Fsp3) is 0.500. The van der Waals surface area contributed by atoms with E-state index in [1.165, 1.54) is 0 Å². The van der Waals surface area contributed by atoms with Crippen LogP contribution in [0.2, 0.25) is 0 Å². The Bertz CT molecular complexity index is 675. The van der Waals surface area contributed by atoms with E-state index in [-0.39, 0.29) is 5.60 Å². The van der Waals surface area contributed by atoms with Crippen molar-refractivity contribution >= 4 is 27.5 Å². The minimum atomic E-state index is -0.674. The van der Waals surface area contributed by atoms with Crippen LogP contribution in [0.25, 0.3) is 0 Å². The summed E-state index contributed by atoms with van der Waals surface area (Å²) in [5.41, 5.74) is 6.76. The van der Waals surface area contributed by atoms with E-state index in [9.17, 15) is 0 Å². The molecule has 0 aliphatic carbocycles. The van der Waals surface area contributed by atoms with Gasteiger partial charge in [0.2, 0.25) is 0 Å². The highest BCUT2D eigenvalue weighted by Crippen LogP contribution is 2.51. The lowest BCUT2D eigenvalue weighted by atomic mass is 9.80. The van der Waals surface area contributed by atoms with Gasteiger partial charge in [0.25, 0.3) is 0 Å². The average molecular weight is 364 g/mol. The van der Waals surface area contributed by atoms with Crippen molar-refractivity contribution in [1.82, 2.24) is 0 Å². The van der Waals surface area contributed by atoms with E-state index in [0.29, 0.717) is 18.9 Å². The van der Waals surface area contributed by atoms with Gasteiger partial charge in [-0.25, -0.2) is 4.99 Å². The molecular formula is C16H18BrN3O2. The summed E-state index contributed by atoms with van der Waals surface area (Å²) >= 11 is 3.53. The molecule has 2 atom stereocenters. The minimum absolute atomic E-state index is 0.364. The number of ether oxygens (including phenoxy) is 2. The number of fused-ring (bicyclic) bond motifs is 2. The maximum atomic E-state index is 6.35. The molecule has 5 nitrogen and oxygen atoms in total. The van der Waals surface area contributed by atoms with Crippen LogP contribution in [0.4, 0.5) is 0 Å². The summed E-state index contributed by atoms with van der Waals surface area (Å²) in [4.78, 5) is 9.55. The van der Waals surface area contributed by atoms with Gasteiger partial charge in [-0.05, 0) is 38.0 Å². The minimum Gasteiger partial charge on any atom is -0.484 e. The van der Waals surface area contributed by atoms with Gasteiger partial charge in [-0.15, -0.1) is 0 Å². The van der Waals surface area contributed by atoms with Crippen LogP contribution in [0.5, 0.6) is 5.75 Å². The fourth-order valence-electron chi connectivity index (χ4n) is 3.60. The molecule has 3 aliphatic heterocycles. The Morgan fingerprint density at radius 1 is 1.32 bits per heavy atom. The first-order valence-electron chi connectivity index (χ1n) is 7.51. The lowest BCUT2D eigenvalue weighted by Crippen LogP contribution is -2.51. The van der Waals surface area contributed by atoms with E-state index in [1.54, 1.807) is 0 Å². The molecule has 3 aliphatic rings. The van der Waals surface area contributed by atoms with Crippen LogP contribution >= 0.6 is 15.9 Å². The van der Waals surface area contributed by atoms with Gasteiger partial charge >= 0.3 is 0 Å². The third-order valence-electron chi connectivity index (χ3n) is 4.58. The molecule has 1 unspecified atom stereocenters. The zero-order valence-corrected chi connectivity index (χ0v) is 14.0. The molecule has 22 heavy (non-hydrogen) atoms. The van der Waals surface area contributed by atoms with Crippen LogP contribution in [-0.4, -0.2) is 30.4 Å². The van der Waals surface area contributed by atoms with Crippen molar-refractivity contribution in [3.8, 4) is 5.75 Å². The summed E-state index contributed by atoms with van der Waals surface area (Å²) in [7, 11) is 0. The maximum Gasteiger partial charge on any atom is 0.185 e. The number of hydrogen-bond acceptors (Lipinski definition) is 5. The Balaban J connectivity index is 1.88. The number of nitrogens with two attached hydrogens (primary N) is 1. The molecule has 2 spiro atoms. The van der Waals surface area contributed by atoms with Gasteiger partial charge in [0.1, 0.15) is 17.2 Å². The summed E-state index contributed by atoms with van der Waals surface area (Å²) in [5, 5.41) is 0.